The fraction of sp³-hybridized carbons (Fsp3) is 0.500. The lowest BCUT2D eigenvalue weighted by molar-refractivity contribution is 0.479. The summed E-state index contributed by atoms with van der Waals surface area (Å²) in [6.45, 7) is 5.03. The number of nitrogens with one attached hydrogen (secondary N) is 1. The number of nitrogens with zero attached hydrogens (tertiary/aromatic N) is 4. The molecule has 0 bridgehead atoms. The van der Waals surface area contributed by atoms with Crippen LogP contribution in [0.5, 0.6) is 0 Å². The van der Waals surface area contributed by atoms with Gasteiger partial charge in [0.2, 0.25) is 0 Å². The normalized spacial score (nSPS) is 12.6. The van der Waals surface area contributed by atoms with E-state index in [0.717, 1.165) is 17.9 Å². The molecule has 2 aromatic heterocycles. The second-order valence-electron chi connectivity index (χ2n) is 4.27. The molecule has 92 valence electrons. The molecule has 5 nitrogen and oxygen atoms in total. The standard InChI is InChI=1S/C12H19N5/c1-4-10(2)17-8-6-12(15-17)13-9-11-5-7-16(3)14-11/h5-8,10H,4,9H2,1-3H3,(H,13,15)/t10-/m0/s1. The summed E-state index contributed by atoms with van der Waals surface area (Å²) >= 11 is 0. The maximum absolute atomic E-state index is 4.47. The Morgan fingerprint density at radius 1 is 1.29 bits per heavy atom. The quantitative estimate of drug-likeness (QED) is 0.861. The predicted molar refractivity (Wildman–Crippen MR) is 67.8 cm³/mol. The molecule has 0 amide bonds. The molecule has 0 spiro atoms. The zero-order valence-corrected chi connectivity index (χ0v) is 10.6. The van der Waals surface area contributed by atoms with Gasteiger partial charge < -0.3 is 5.32 Å². The van der Waals surface area contributed by atoms with Crippen LogP contribution in [0, 0.1) is 0 Å². The third-order valence-electron chi connectivity index (χ3n) is 2.87. The van der Waals surface area contributed by atoms with E-state index in [1.165, 1.54) is 0 Å². The molecule has 17 heavy (non-hydrogen) atoms. The number of hydrogen-bond acceptors (Lipinski definition) is 3. The molecule has 2 rings (SSSR count). The topological polar surface area (TPSA) is 47.7 Å². The summed E-state index contributed by atoms with van der Waals surface area (Å²) in [5.74, 6) is 0.899. The van der Waals surface area contributed by atoms with Gasteiger partial charge in [-0.2, -0.15) is 10.2 Å². The molecule has 0 unspecified atom stereocenters. The molecule has 0 radical (unpaired) electrons. The zero-order valence-electron chi connectivity index (χ0n) is 10.6. The molecule has 2 heterocycles. The second-order valence-corrected chi connectivity index (χ2v) is 4.27. The van der Waals surface area contributed by atoms with Gasteiger partial charge in [0.25, 0.3) is 0 Å². The summed E-state index contributed by atoms with van der Waals surface area (Å²) < 4.78 is 3.79. The Kier molecular flexibility index (Phi) is 3.46. The highest BCUT2D eigenvalue weighted by molar-refractivity contribution is 5.32. The Bertz CT molecular complexity index is 471. The van der Waals surface area contributed by atoms with Crippen LogP contribution in [0.2, 0.25) is 0 Å². The third kappa shape index (κ3) is 2.87. The molecule has 2 aromatic rings. The van der Waals surface area contributed by atoms with Gasteiger partial charge in [0.1, 0.15) is 5.82 Å². The lowest BCUT2D eigenvalue weighted by Crippen LogP contribution is -2.06. The molecular weight excluding hydrogens is 214 g/mol. The molecule has 0 aliphatic heterocycles. The second kappa shape index (κ2) is 5.03. The Labute approximate surface area is 101 Å². The first-order valence-corrected chi connectivity index (χ1v) is 5.96. The van der Waals surface area contributed by atoms with Crippen molar-refractivity contribution >= 4 is 5.82 Å². The van der Waals surface area contributed by atoms with Crippen LogP contribution in [0.3, 0.4) is 0 Å². The Morgan fingerprint density at radius 3 is 2.76 bits per heavy atom. The van der Waals surface area contributed by atoms with Gasteiger partial charge in [-0.3, -0.25) is 9.36 Å². The van der Waals surface area contributed by atoms with E-state index < -0.39 is 0 Å². The van der Waals surface area contributed by atoms with E-state index in [1.54, 1.807) is 4.68 Å². The largest absolute Gasteiger partial charge is 0.363 e. The molecular formula is C12H19N5. The maximum Gasteiger partial charge on any atom is 0.148 e. The van der Waals surface area contributed by atoms with Crippen molar-refractivity contribution in [2.75, 3.05) is 5.32 Å². The van der Waals surface area contributed by atoms with Gasteiger partial charge in [0, 0.05) is 31.5 Å². The highest BCUT2D eigenvalue weighted by atomic mass is 15.3. The predicted octanol–water partition coefficient (Wildman–Crippen LogP) is 2.20. The molecule has 1 atom stereocenters. The number of aromatic nitrogens is 4. The highest BCUT2D eigenvalue weighted by Crippen LogP contribution is 2.12. The zero-order chi connectivity index (χ0) is 12.3. The van der Waals surface area contributed by atoms with Crippen molar-refractivity contribution in [1.82, 2.24) is 19.6 Å². The molecule has 0 aliphatic carbocycles. The van der Waals surface area contributed by atoms with Crippen molar-refractivity contribution < 1.29 is 0 Å². The van der Waals surface area contributed by atoms with Crippen LogP contribution in [0.1, 0.15) is 32.0 Å². The lowest BCUT2D eigenvalue weighted by Gasteiger charge is -2.08. The molecule has 0 saturated carbocycles. The number of anilines is 1. The Hall–Kier alpha value is -1.78. The minimum absolute atomic E-state index is 0.445. The first-order valence-electron chi connectivity index (χ1n) is 5.96. The van der Waals surface area contributed by atoms with E-state index in [1.807, 2.05) is 36.3 Å². The van der Waals surface area contributed by atoms with Gasteiger partial charge in [0.15, 0.2) is 0 Å². The van der Waals surface area contributed by atoms with E-state index in [2.05, 4.69) is 29.4 Å². The van der Waals surface area contributed by atoms with Crippen molar-refractivity contribution in [2.24, 2.45) is 7.05 Å². The van der Waals surface area contributed by atoms with Gasteiger partial charge in [-0.25, -0.2) is 0 Å². The molecule has 1 N–H and O–H groups in total. The fourth-order valence-corrected chi connectivity index (χ4v) is 1.60. The summed E-state index contributed by atoms with van der Waals surface area (Å²) in [7, 11) is 1.92. The number of rotatable bonds is 5. The Balaban J connectivity index is 1.93. The van der Waals surface area contributed by atoms with Gasteiger partial charge in [0.05, 0.1) is 12.2 Å². The average Bonchev–Trinajstić information content (AvgIpc) is 2.94. The minimum atomic E-state index is 0.445. The lowest BCUT2D eigenvalue weighted by atomic mass is 10.3. The van der Waals surface area contributed by atoms with Crippen molar-refractivity contribution in [2.45, 2.75) is 32.9 Å². The number of hydrogen-bond donors (Lipinski definition) is 1. The first-order chi connectivity index (χ1) is 8.19. The summed E-state index contributed by atoms with van der Waals surface area (Å²) in [5.41, 5.74) is 1.02. The molecule has 0 aliphatic rings. The maximum atomic E-state index is 4.47. The van der Waals surface area contributed by atoms with Gasteiger partial charge in [-0.15, -0.1) is 0 Å². The van der Waals surface area contributed by atoms with Gasteiger partial charge in [-0.05, 0) is 19.4 Å². The van der Waals surface area contributed by atoms with Crippen LogP contribution in [0.15, 0.2) is 24.5 Å². The van der Waals surface area contributed by atoms with Gasteiger partial charge in [-0.1, -0.05) is 6.92 Å². The molecule has 0 aromatic carbocycles. The summed E-state index contributed by atoms with van der Waals surface area (Å²) in [5, 5.41) is 12.0. The van der Waals surface area contributed by atoms with Crippen LogP contribution in [0.25, 0.3) is 0 Å². The smallest absolute Gasteiger partial charge is 0.148 e. The highest BCUT2D eigenvalue weighted by Gasteiger charge is 2.04. The van der Waals surface area contributed by atoms with E-state index >= 15 is 0 Å². The third-order valence-corrected chi connectivity index (χ3v) is 2.87. The SMILES string of the molecule is CC[C@H](C)n1ccc(NCc2ccn(C)n2)n1. The van der Waals surface area contributed by atoms with E-state index in [-0.39, 0.29) is 0 Å². The first kappa shape index (κ1) is 11.7. The van der Waals surface area contributed by atoms with E-state index in [9.17, 15) is 0 Å². The summed E-state index contributed by atoms with van der Waals surface area (Å²) in [4.78, 5) is 0. The fourth-order valence-electron chi connectivity index (χ4n) is 1.60. The van der Waals surface area contributed by atoms with Crippen LogP contribution < -0.4 is 5.32 Å². The van der Waals surface area contributed by atoms with Crippen LogP contribution in [-0.2, 0) is 13.6 Å². The minimum Gasteiger partial charge on any atom is -0.363 e. The van der Waals surface area contributed by atoms with E-state index in [0.29, 0.717) is 12.6 Å². The summed E-state index contributed by atoms with van der Waals surface area (Å²) in [6, 6.07) is 4.44. The summed E-state index contributed by atoms with van der Waals surface area (Å²) in [6.07, 6.45) is 5.03. The average molecular weight is 233 g/mol. The van der Waals surface area contributed by atoms with Crippen LogP contribution in [-0.4, -0.2) is 19.6 Å². The monoisotopic (exact) mass is 233 g/mol. The van der Waals surface area contributed by atoms with Gasteiger partial charge >= 0.3 is 0 Å². The van der Waals surface area contributed by atoms with Crippen molar-refractivity contribution in [1.29, 1.82) is 0 Å². The molecule has 0 saturated heterocycles. The van der Waals surface area contributed by atoms with Crippen molar-refractivity contribution in [3.8, 4) is 0 Å². The molecule has 0 fully saturated rings. The van der Waals surface area contributed by atoms with Crippen LogP contribution >= 0.6 is 0 Å². The number of aryl methyl sites for hydroxylation is 1. The Morgan fingerprint density at radius 2 is 2.12 bits per heavy atom. The van der Waals surface area contributed by atoms with Crippen LogP contribution in [0.4, 0.5) is 5.82 Å². The van der Waals surface area contributed by atoms with Crippen molar-refractivity contribution in [3.63, 3.8) is 0 Å². The molecule has 5 heteroatoms. The van der Waals surface area contributed by atoms with E-state index in [4.69, 9.17) is 0 Å². The van der Waals surface area contributed by atoms with Crippen molar-refractivity contribution in [3.05, 3.63) is 30.2 Å².